The summed E-state index contributed by atoms with van der Waals surface area (Å²) in [5.74, 6) is -0.564. The first kappa shape index (κ1) is 21.5. The van der Waals surface area contributed by atoms with E-state index in [1.807, 2.05) is 0 Å². The molecule has 11 heteroatoms. The van der Waals surface area contributed by atoms with E-state index in [4.69, 9.17) is 0 Å². The molecule has 0 saturated heterocycles. The predicted octanol–water partition coefficient (Wildman–Crippen LogP) is 4.33. The van der Waals surface area contributed by atoms with E-state index in [9.17, 15) is 26.4 Å². The third-order valence-electron chi connectivity index (χ3n) is 3.78. The van der Waals surface area contributed by atoms with Crippen molar-refractivity contribution in [2.75, 3.05) is 4.72 Å². The summed E-state index contributed by atoms with van der Waals surface area (Å²) < 4.78 is 64.5. The van der Waals surface area contributed by atoms with E-state index < -0.39 is 27.7 Å². The van der Waals surface area contributed by atoms with Crippen LogP contribution in [0.4, 0.5) is 18.9 Å². The normalized spacial score (nSPS) is 12.1. The van der Waals surface area contributed by atoms with Crippen LogP contribution in [0.5, 0.6) is 0 Å². The van der Waals surface area contributed by atoms with Gasteiger partial charge in [-0.2, -0.15) is 18.3 Å². The van der Waals surface area contributed by atoms with Gasteiger partial charge in [-0.25, -0.2) is 13.8 Å². The lowest BCUT2D eigenvalue weighted by molar-refractivity contribution is -0.137. The highest BCUT2D eigenvalue weighted by Crippen LogP contribution is 2.28. The lowest BCUT2D eigenvalue weighted by Gasteiger charge is -2.07. The Bertz CT molecular complexity index is 1140. The van der Waals surface area contributed by atoms with Crippen LogP contribution in [0.15, 0.2) is 75.4 Å². The Morgan fingerprint density at radius 2 is 1.67 bits per heavy atom. The molecular formula is C19H14F3N3O3S2. The molecule has 0 aliphatic rings. The van der Waals surface area contributed by atoms with E-state index in [0.717, 1.165) is 23.5 Å². The molecule has 3 rings (SSSR count). The van der Waals surface area contributed by atoms with Crippen LogP contribution in [0.3, 0.4) is 0 Å². The third-order valence-corrected chi connectivity index (χ3v) is 6.56. The molecule has 0 saturated carbocycles. The number of alkyl halides is 3. The summed E-state index contributed by atoms with van der Waals surface area (Å²) in [6, 6.07) is 13.1. The van der Waals surface area contributed by atoms with Crippen LogP contribution in [0.2, 0.25) is 0 Å². The molecule has 0 atom stereocenters. The van der Waals surface area contributed by atoms with Crippen LogP contribution in [-0.2, 0) is 16.2 Å². The number of halogens is 3. The number of amides is 1. The number of nitrogens with one attached hydrogen (secondary N) is 2. The number of benzene rings is 2. The van der Waals surface area contributed by atoms with Crippen molar-refractivity contribution in [3.8, 4) is 0 Å². The van der Waals surface area contributed by atoms with Gasteiger partial charge in [0.15, 0.2) is 0 Å². The first-order valence-corrected chi connectivity index (χ1v) is 10.7. The Hall–Kier alpha value is -3.18. The van der Waals surface area contributed by atoms with E-state index in [1.54, 1.807) is 11.4 Å². The minimum atomic E-state index is -4.42. The molecule has 1 heterocycles. The number of thiophene rings is 1. The summed E-state index contributed by atoms with van der Waals surface area (Å²) >= 11 is 1.08. The SMILES string of the molecule is O=C(NN=Cc1ccc(C(F)(F)F)cc1)c1ccc(NS(=O)(=O)c2cccs2)cc1. The Balaban J connectivity index is 1.59. The van der Waals surface area contributed by atoms with Gasteiger partial charge in [0.2, 0.25) is 0 Å². The molecule has 0 unspecified atom stereocenters. The maximum atomic E-state index is 12.5. The zero-order chi connectivity index (χ0) is 21.8. The highest BCUT2D eigenvalue weighted by molar-refractivity contribution is 7.94. The summed E-state index contributed by atoms with van der Waals surface area (Å²) in [4.78, 5) is 12.1. The maximum absolute atomic E-state index is 12.5. The fourth-order valence-electron chi connectivity index (χ4n) is 2.30. The minimum absolute atomic E-state index is 0.168. The van der Waals surface area contributed by atoms with Crippen LogP contribution in [0.1, 0.15) is 21.5 Å². The van der Waals surface area contributed by atoms with Gasteiger partial charge >= 0.3 is 6.18 Å². The number of anilines is 1. The molecule has 0 aliphatic carbocycles. The van der Waals surface area contributed by atoms with Crippen LogP contribution < -0.4 is 10.1 Å². The lowest BCUT2D eigenvalue weighted by atomic mass is 10.1. The molecule has 0 spiro atoms. The molecule has 2 N–H and O–H groups in total. The standard InChI is InChI=1S/C19H14F3N3O3S2/c20-19(21,22)15-7-3-13(4-8-15)12-23-24-18(26)14-5-9-16(10-6-14)25-30(27,28)17-2-1-11-29-17/h1-12,25H,(H,24,26). The van der Waals surface area contributed by atoms with Gasteiger partial charge in [0.1, 0.15) is 4.21 Å². The lowest BCUT2D eigenvalue weighted by Crippen LogP contribution is -2.17. The molecule has 0 fully saturated rings. The van der Waals surface area contributed by atoms with Gasteiger partial charge in [-0.05, 0) is 53.4 Å². The zero-order valence-electron chi connectivity index (χ0n) is 15.1. The molecule has 156 valence electrons. The Morgan fingerprint density at radius 3 is 2.23 bits per heavy atom. The van der Waals surface area contributed by atoms with Crippen molar-refractivity contribution in [2.24, 2.45) is 5.10 Å². The number of hydrogen-bond acceptors (Lipinski definition) is 5. The highest BCUT2D eigenvalue weighted by Gasteiger charge is 2.29. The van der Waals surface area contributed by atoms with E-state index >= 15 is 0 Å². The van der Waals surface area contributed by atoms with E-state index in [0.29, 0.717) is 5.56 Å². The monoisotopic (exact) mass is 453 g/mol. The minimum Gasteiger partial charge on any atom is -0.279 e. The molecule has 2 aromatic carbocycles. The van der Waals surface area contributed by atoms with Crippen LogP contribution >= 0.6 is 11.3 Å². The number of hydrogen-bond donors (Lipinski definition) is 2. The Kier molecular flexibility index (Phi) is 6.22. The largest absolute Gasteiger partial charge is 0.416 e. The fraction of sp³-hybridized carbons (Fsp3) is 0.0526. The Labute approximate surface area is 174 Å². The average Bonchev–Trinajstić information content (AvgIpc) is 3.24. The molecule has 0 bridgehead atoms. The van der Waals surface area contributed by atoms with Gasteiger partial charge in [-0.15, -0.1) is 11.3 Å². The van der Waals surface area contributed by atoms with Gasteiger partial charge in [0.05, 0.1) is 11.8 Å². The molecule has 1 amide bonds. The summed E-state index contributed by atoms with van der Waals surface area (Å²) in [5, 5.41) is 5.36. The van der Waals surface area contributed by atoms with Crippen molar-refractivity contribution in [3.05, 3.63) is 82.7 Å². The summed E-state index contributed by atoms with van der Waals surface area (Å²) in [6.45, 7) is 0. The Morgan fingerprint density at radius 1 is 1.00 bits per heavy atom. The first-order valence-electron chi connectivity index (χ1n) is 8.32. The van der Waals surface area contributed by atoms with Crippen LogP contribution in [-0.4, -0.2) is 20.5 Å². The van der Waals surface area contributed by atoms with Crippen LogP contribution in [0.25, 0.3) is 0 Å². The summed E-state index contributed by atoms with van der Waals surface area (Å²) in [5.41, 5.74) is 2.36. The van der Waals surface area contributed by atoms with E-state index in [1.165, 1.54) is 48.7 Å². The van der Waals surface area contributed by atoms with Crippen molar-refractivity contribution in [3.63, 3.8) is 0 Å². The second kappa shape index (κ2) is 8.67. The second-order valence-corrected chi connectivity index (χ2v) is 8.79. The van der Waals surface area contributed by atoms with Gasteiger partial charge in [-0.1, -0.05) is 18.2 Å². The number of carbonyl (C=O) groups excluding carboxylic acids is 1. The average molecular weight is 453 g/mol. The fourth-order valence-corrected chi connectivity index (χ4v) is 4.35. The van der Waals surface area contributed by atoms with Crippen LogP contribution in [0, 0.1) is 0 Å². The van der Waals surface area contributed by atoms with Crippen molar-refractivity contribution >= 4 is 39.2 Å². The number of hydrazone groups is 1. The number of carbonyl (C=O) groups is 1. The number of sulfonamides is 1. The highest BCUT2D eigenvalue weighted by atomic mass is 32.2. The van der Waals surface area contributed by atoms with Crippen molar-refractivity contribution < 1.29 is 26.4 Å². The molecule has 6 nitrogen and oxygen atoms in total. The molecule has 3 aromatic rings. The van der Waals surface area contributed by atoms with Crippen molar-refractivity contribution in [1.82, 2.24) is 5.43 Å². The number of rotatable bonds is 6. The molecular weight excluding hydrogens is 439 g/mol. The second-order valence-electron chi connectivity index (χ2n) is 5.93. The summed E-state index contributed by atoms with van der Waals surface area (Å²) in [6.07, 6.45) is -3.21. The maximum Gasteiger partial charge on any atom is 0.416 e. The molecule has 1 aromatic heterocycles. The van der Waals surface area contributed by atoms with Gasteiger partial charge in [-0.3, -0.25) is 9.52 Å². The quantitative estimate of drug-likeness (QED) is 0.430. The molecule has 30 heavy (non-hydrogen) atoms. The number of nitrogens with zero attached hydrogens (tertiary/aromatic N) is 1. The smallest absolute Gasteiger partial charge is 0.279 e. The first-order chi connectivity index (χ1) is 14.1. The predicted molar refractivity (Wildman–Crippen MR) is 108 cm³/mol. The molecule has 0 aliphatic heterocycles. The van der Waals surface area contributed by atoms with E-state index in [2.05, 4.69) is 15.2 Å². The topological polar surface area (TPSA) is 87.6 Å². The van der Waals surface area contributed by atoms with Crippen molar-refractivity contribution in [1.29, 1.82) is 0 Å². The van der Waals surface area contributed by atoms with E-state index in [-0.39, 0.29) is 15.5 Å². The van der Waals surface area contributed by atoms with Gasteiger partial charge < -0.3 is 0 Å². The van der Waals surface area contributed by atoms with Gasteiger partial charge in [0.25, 0.3) is 15.9 Å². The molecule has 0 radical (unpaired) electrons. The zero-order valence-corrected chi connectivity index (χ0v) is 16.7. The summed E-state index contributed by atoms with van der Waals surface area (Å²) in [7, 11) is -3.69. The van der Waals surface area contributed by atoms with Crippen molar-refractivity contribution in [2.45, 2.75) is 10.4 Å². The third kappa shape index (κ3) is 5.45. The van der Waals surface area contributed by atoms with Gasteiger partial charge in [0, 0.05) is 11.3 Å².